The molecule has 0 radical (unpaired) electrons. The zero-order valence-corrected chi connectivity index (χ0v) is 8.14. The first-order valence-corrected chi connectivity index (χ1v) is 4.90. The van der Waals surface area contributed by atoms with E-state index in [0.29, 0.717) is 5.92 Å². The van der Waals surface area contributed by atoms with E-state index in [1.54, 1.807) is 0 Å². The minimum absolute atomic E-state index is 0.0603. The summed E-state index contributed by atoms with van der Waals surface area (Å²) < 4.78 is 0. The van der Waals surface area contributed by atoms with Gasteiger partial charge in [0.2, 0.25) is 0 Å². The lowest BCUT2D eigenvalue weighted by Gasteiger charge is -2.17. The molecule has 2 atom stereocenters. The average molecular weight is 158 g/mol. The van der Waals surface area contributed by atoms with E-state index in [-0.39, 0.29) is 6.10 Å². The van der Waals surface area contributed by atoms with Crippen LogP contribution in [-0.4, -0.2) is 11.2 Å². The molecule has 68 valence electrons. The van der Waals surface area contributed by atoms with Crippen LogP contribution < -0.4 is 0 Å². The molecule has 0 bridgehead atoms. The quantitative estimate of drug-likeness (QED) is 0.630. The summed E-state index contributed by atoms with van der Waals surface area (Å²) in [5.41, 5.74) is 0. The van der Waals surface area contributed by atoms with Gasteiger partial charge in [0.05, 0.1) is 6.10 Å². The molecular weight excluding hydrogens is 136 g/mol. The molecule has 0 aliphatic rings. The third-order valence-electron chi connectivity index (χ3n) is 2.25. The molecule has 0 rings (SSSR count). The second kappa shape index (κ2) is 6.66. The van der Waals surface area contributed by atoms with E-state index in [2.05, 4.69) is 20.8 Å². The number of aliphatic hydroxyl groups excluding tert-OH is 1. The number of rotatable bonds is 6. The van der Waals surface area contributed by atoms with Gasteiger partial charge in [-0.05, 0) is 18.8 Å². The standard InChI is InChI=1S/C10H22O/c1-4-6-8-10(11)9(3)7-5-2/h9-11H,4-8H2,1-3H3/t9-,10+/m1/s1. The van der Waals surface area contributed by atoms with Gasteiger partial charge >= 0.3 is 0 Å². The Hall–Kier alpha value is -0.0400. The predicted molar refractivity (Wildman–Crippen MR) is 49.6 cm³/mol. The molecule has 0 aromatic heterocycles. The monoisotopic (exact) mass is 158 g/mol. The van der Waals surface area contributed by atoms with Gasteiger partial charge in [0, 0.05) is 0 Å². The third kappa shape index (κ3) is 5.25. The second-order valence-electron chi connectivity index (χ2n) is 3.48. The van der Waals surface area contributed by atoms with Crippen molar-refractivity contribution >= 4 is 0 Å². The minimum atomic E-state index is -0.0603. The Morgan fingerprint density at radius 1 is 1.09 bits per heavy atom. The molecule has 0 saturated heterocycles. The maximum atomic E-state index is 9.58. The molecule has 0 amide bonds. The van der Waals surface area contributed by atoms with Crippen molar-refractivity contribution in [2.24, 2.45) is 5.92 Å². The number of hydrogen-bond acceptors (Lipinski definition) is 1. The van der Waals surface area contributed by atoms with Gasteiger partial charge < -0.3 is 5.11 Å². The molecule has 0 aromatic rings. The van der Waals surface area contributed by atoms with E-state index in [9.17, 15) is 5.11 Å². The van der Waals surface area contributed by atoms with Crippen molar-refractivity contribution in [1.82, 2.24) is 0 Å². The first kappa shape index (κ1) is 11.0. The smallest absolute Gasteiger partial charge is 0.0565 e. The zero-order chi connectivity index (χ0) is 8.69. The number of unbranched alkanes of at least 4 members (excludes halogenated alkanes) is 1. The molecule has 0 fully saturated rings. The molecular formula is C10H22O. The zero-order valence-electron chi connectivity index (χ0n) is 8.14. The van der Waals surface area contributed by atoms with E-state index in [0.717, 1.165) is 19.3 Å². The number of hydrogen-bond donors (Lipinski definition) is 1. The summed E-state index contributed by atoms with van der Waals surface area (Å²) in [6.45, 7) is 6.48. The fourth-order valence-corrected chi connectivity index (χ4v) is 1.35. The molecule has 0 aliphatic carbocycles. The van der Waals surface area contributed by atoms with E-state index in [1.165, 1.54) is 12.8 Å². The Morgan fingerprint density at radius 3 is 2.18 bits per heavy atom. The molecule has 1 heteroatoms. The summed E-state index contributed by atoms with van der Waals surface area (Å²) in [4.78, 5) is 0. The van der Waals surface area contributed by atoms with Gasteiger partial charge in [0.1, 0.15) is 0 Å². The summed E-state index contributed by atoms with van der Waals surface area (Å²) >= 11 is 0. The van der Waals surface area contributed by atoms with E-state index < -0.39 is 0 Å². The van der Waals surface area contributed by atoms with Gasteiger partial charge in [-0.1, -0.05) is 40.0 Å². The highest BCUT2D eigenvalue weighted by Gasteiger charge is 2.11. The third-order valence-corrected chi connectivity index (χ3v) is 2.25. The Bertz CT molecular complexity index is 80.9. The van der Waals surface area contributed by atoms with Crippen LogP contribution in [0.5, 0.6) is 0 Å². The first-order chi connectivity index (χ1) is 5.22. The van der Waals surface area contributed by atoms with Crippen LogP contribution in [0, 0.1) is 5.92 Å². The lowest BCUT2D eigenvalue weighted by molar-refractivity contribution is 0.100. The van der Waals surface area contributed by atoms with Crippen molar-refractivity contribution < 1.29 is 5.11 Å². The Labute approximate surface area is 70.8 Å². The van der Waals surface area contributed by atoms with Gasteiger partial charge in [-0.3, -0.25) is 0 Å². The maximum absolute atomic E-state index is 9.58. The SMILES string of the molecule is CCCC[C@H](O)[C@H](C)CCC. The van der Waals surface area contributed by atoms with Crippen LogP contribution in [0.25, 0.3) is 0 Å². The fraction of sp³-hybridized carbons (Fsp3) is 1.00. The van der Waals surface area contributed by atoms with Crippen molar-refractivity contribution in [2.75, 3.05) is 0 Å². The van der Waals surface area contributed by atoms with Crippen LogP contribution in [0.15, 0.2) is 0 Å². The van der Waals surface area contributed by atoms with E-state index in [4.69, 9.17) is 0 Å². The van der Waals surface area contributed by atoms with E-state index >= 15 is 0 Å². The first-order valence-electron chi connectivity index (χ1n) is 4.90. The van der Waals surface area contributed by atoms with E-state index in [1.807, 2.05) is 0 Å². The van der Waals surface area contributed by atoms with Crippen LogP contribution in [-0.2, 0) is 0 Å². The van der Waals surface area contributed by atoms with Gasteiger partial charge in [-0.15, -0.1) is 0 Å². The topological polar surface area (TPSA) is 20.2 Å². The van der Waals surface area contributed by atoms with Gasteiger partial charge in [-0.25, -0.2) is 0 Å². The largest absolute Gasteiger partial charge is 0.393 e. The molecule has 0 heterocycles. The molecule has 1 nitrogen and oxygen atoms in total. The van der Waals surface area contributed by atoms with Crippen molar-refractivity contribution in [1.29, 1.82) is 0 Å². The molecule has 0 aliphatic heterocycles. The second-order valence-corrected chi connectivity index (χ2v) is 3.48. The molecule has 1 N–H and O–H groups in total. The minimum Gasteiger partial charge on any atom is -0.393 e. The van der Waals surface area contributed by atoms with Gasteiger partial charge in [0.25, 0.3) is 0 Å². The highest BCUT2D eigenvalue weighted by molar-refractivity contribution is 4.63. The maximum Gasteiger partial charge on any atom is 0.0565 e. The van der Waals surface area contributed by atoms with Crippen molar-refractivity contribution in [3.05, 3.63) is 0 Å². The summed E-state index contributed by atoms with van der Waals surface area (Å²) in [6, 6.07) is 0. The van der Waals surface area contributed by atoms with Crippen LogP contribution in [0.1, 0.15) is 52.9 Å². The fourth-order valence-electron chi connectivity index (χ4n) is 1.35. The van der Waals surface area contributed by atoms with Crippen molar-refractivity contribution in [2.45, 2.75) is 59.0 Å². The highest BCUT2D eigenvalue weighted by atomic mass is 16.3. The lowest BCUT2D eigenvalue weighted by atomic mass is 9.95. The molecule has 0 aromatic carbocycles. The van der Waals surface area contributed by atoms with Gasteiger partial charge in [-0.2, -0.15) is 0 Å². The molecule has 0 saturated carbocycles. The Balaban J connectivity index is 3.38. The van der Waals surface area contributed by atoms with Crippen LogP contribution in [0.2, 0.25) is 0 Å². The normalized spacial score (nSPS) is 16.4. The van der Waals surface area contributed by atoms with Crippen molar-refractivity contribution in [3.8, 4) is 0 Å². The highest BCUT2D eigenvalue weighted by Crippen LogP contribution is 2.15. The summed E-state index contributed by atoms with van der Waals surface area (Å²) in [7, 11) is 0. The van der Waals surface area contributed by atoms with Gasteiger partial charge in [0.15, 0.2) is 0 Å². The van der Waals surface area contributed by atoms with Crippen LogP contribution in [0.4, 0.5) is 0 Å². The Morgan fingerprint density at radius 2 is 1.73 bits per heavy atom. The average Bonchev–Trinajstić information content (AvgIpc) is 2.00. The van der Waals surface area contributed by atoms with Crippen LogP contribution >= 0.6 is 0 Å². The molecule has 11 heavy (non-hydrogen) atoms. The Kier molecular flexibility index (Phi) is 6.63. The number of aliphatic hydroxyl groups is 1. The van der Waals surface area contributed by atoms with Crippen LogP contribution in [0.3, 0.4) is 0 Å². The lowest BCUT2D eigenvalue weighted by Crippen LogP contribution is -2.16. The molecule has 0 spiro atoms. The molecule has 0 unspecified atom stereocenters. The predicted octanol–water partition coefficient (Wildman–Crippen LogP) is 2.97. The summed E-state index contributed by atoms with van der Waals surface area (Å²) in [5.74, 6) is 0.492. The van der Waals surface area contributed by atoms with Crippen molar-refractivity contribution in [3.63, 3.8) is 0 Å². The summed E-state index contributed by atoms with van der Waals surface area (Å²) in [5, 5.41) is 9.58. The summed E-state index contributed by atoms with van der Waals surface area (Å²) in [6.07, 6.45) is 5.62.